The van der Waals surface area contributed by atoms with Crippen molar-refractivity contribution in [3.63, 3.8) is 0 Å². The van der Waals surface area contributed by atoms with Crippen LogP contribution >= 0.6 is 0 Å². The number of carbonyl (C=O) groups is 1. The lowest BCUT2D eigenvalue weighted by molar-refractivity contribution is 0.0975. The largest absolute Gasteiger partial charge is 0.383 e. The third-order valence-electron chi connectivity index (χ3n) is 3.82. The number of nitrogen functional groups attached to an aromatic ring is 1. The van der Waals surface area contributed by atoms with Gasteiger partial charge in [0, 0.05) is 25.8 Å². The Bertz CT molecular complexity index is 871. The number of nitrogens with two attached hydrogens (primary N) is 1. The molecule has 2 rings (SSSR count). The number of amides is 1. The molecular weight excluding hydrogens is 336 g/mol. The van der Waals surface area contributed by atoms with Crippen LogP contribution in [0.2, 0.25) is 0 Å². The number of ether oxygens (including phenoxy) is 1. The normalized spacial score (nSPS) is 10.9. The smallest absolute Gasteiger partial charge is 0.330 e. The number of H-pyrrole nitrogens is 1. The van der Waals surface area contributed by atoms with Crippen LogP contribution in [0.15, 0.2) is 39.9 Å². The Morgan fingerprint density at radius 3 is 2.50 bits per heavy atom. The average molecular weight is 360 g/mol. The summed E-state index contributed by atoms with van der Waals surface area (Å²) in [5, 5.41) is 0. The fourth-order valence-electron chi connectivity index (χ4n) is 2.62. The van der Waals surface area contributed by atoms with Crippen LogP contribution in [0.4, 0.5) is 11.5 Å². The number of benzene rings is 1. The molecule has 8 heteroatoms. The monoisotopic (exact) mass is 360 g/mol. The number of anilines is 2. The Hall–Kier alpha value is -2.87. The highest BCUT2D eigenvalue weighted by Crippen LogP contribution is 2.20. The number of hydrogen-bond donors (Lipinski definition) is 2. The summed E-state index contributed by atoms with van der Waals surface area (Å²) in [7, 11) is 1.50. The summed E-state index contributed by atoms with van der Waals surface area (Å²) in [5.41, 5.74) is 5.20. The second-order valence-electron chi connectivity index (χ2n) is 6.31. The molecule has 3 N–H and O–H groups in total. The third kappa shape index (κ3) is 4.20. The molecule has 1 aromatic carbocycles. The zero-order valence-electron chi connectivity index (χ0n) is 15.2. The Labute approximate surface area is 151 Å². The number of aromatic amines is 1. The van der Waals surface area contributed by atoms with Gasteiger partial charge in [-0.1, -0.05) is 32.0 Å². The number of rotatable bonds is 7. The summed E-state index contributed by atoms with van der Waals surface area (Å²) in [5.74, 6) is -0.298. The molecule has 0 bridgehead atoms. The van der Waals surface area contributed by atoms with E-state index in [0.717, 1.165) is 0 Å². The van der Waals surface area contributed by atoms with Gasteiger partial charge < -0.3 is 10.5 Å². The maximum Gasteiger partial charge on any atom is 0.330 e. The second-order valence-corrected chi connectivity index (χ2v) is 6.31. The molecule has 0 aliphatic heterocycles. The summed E-state index contributed by atoms with van der Waals surface area (Å²) in [6.45, 7) is 4.51. The van der Waals surface area contributed by atoms with E-state index >= 15 is 0 Å². The quantitative estimate of drug-likeness (QED) is 0.767. The minimum Gasteiger partial charge on any atom is -0.383 e. The van der Waals surface area contributed by atoms with Crippen LogP contribution in [0.25, 0.3) is 0 Å². The van der Waals surface area contributed by atoms with Crippen molar-refractivity contribution < 1.29 is 9.53 Å². The van der Waals surface area contributed by atoms with Gasteiger partial charge in [0.25, 0.3) is 11.5 Å². The third-order valence-corrected chi connectivity index (χ3v) is 3.82. The van der Waals surface area contributed by atoms with Gasteiger partial charge in [-0.05, 0) is 18.1 Å². The fraction of sp³-hybridized carbons (Fsp3) is 0.389. The summed E-state index contributed by atoms with van der Waals surface area (Å²) in [6.07, 6.45) is 0. The molecule has 8 nitrogen and oxygen atoms in total. The van der Waals surface area contributed by atoms with Crippen LogP contribution in [0, 0.1) is 5.92 Å². The molecule has 140 valence electrons. The van der Waals surface area contributed by atoms with E-state index in [1.807, 2.05) is 13.8 Å². The van der Waals surface area contributed by atoms with Crippen molar-refractivity contribution >= 4 is 17.4 Å². The van der Waals surface area contributed by atoms with Gasteiger partial charge in [0.2, 0.25) is 0 Å². The molecule has 1 heterocycles. The number of hydrogen-bond acceptors (Lipinski definition) is 5. The number of nitrogens with zero attached hydrogens (tertiary/aromatic N) is 2. The number of aromatic nitrogens is 2. The minimum absolute atomic E-state index is 0.0344. The highest BCUT2D eigenvalue weighted by atomic mass is 16.5. The molecule has 0 radical (unpaired) electrons. The topological polar surface area (TPSA) is 110 Å². The van der Waals surface area contributed by atoms with Crippen molar-refractivity contribution in [3.8, 4) is 0 Å². The summed E-state index contributed by atoms with van der Waals surface area (Å²) >= 11 is 0. The van der Waals surface area contributed by atoms with Gasteiger partial charge in [-0.2, -0.15) is 0 Å². The molecule has 26 heavy (non-hydrogen) atoms. The van der Waals surface area contributed by atoms with Crippen molar-refractivity contribution in [2.24, 2.45) is 5.92 Å². The van der Waals surface area contributed by atoms with Crippen molar-refractivity contribution in [2.45, 2.75) is 20.4 Å². The highest BCUT2D eigenvalue weighted by Gasteiger charge is 2.25. The Balaban J connectivity index is 2.59. The predicted molar refractivity (Wildman–Crippen MR) is 101 cm³/mol. The first kappa shape index (κ1) is 19.5. The van der Waals surface area contributed by atoms with Gasteiger partial charge in [0.1, 0.15) is 5.82 Å². The molecule has 0 fully saturated rings. The van der Waals surface area contributed by atoms with E-state index in [1.165, 1.54) is 16.6 Å². The lowest BCUT2D eigenvalue weighted by Crippen LogP contribution is -2.42. The van der Waals surface area contributed by atoms with Gasteiger partial charge in [0.05, 0.1) is 6.61 Å². The lowest BCUT2D eigenvalue weighted by atomic mass is 10.2. The number of carbonyl (C=O) groups excluding carboxylic acids is 1. The first-order valence-electron chi connectivity index (χ1n) is 8.35. The molecule has 0 unspecified atom stereocenters. The maximum absolute atomic E-state index is 12.9. The number of methoxy groups -OCH3 is 1. The molecule has 0 aliphatic rings. The summed E-state index contributed by atoms with van der Waals surface area (Å²) in [6, 6.07) is 8.55. The van der Waals surface area contributed by atoms with E-state index in [-0.39, 0.29) is 30.6 Å². The SMILES string of the molecule is COCCN(C(=O)c1ccccc1)c1c(N)n(CC(C)C)c(=O)[nH]c1=O. The van der Waals surface area contributed by atoms with E-state index in [9.17, 15) is 14.4 Å². The van der Waals surface area contributed by atoms with Crippen LogP contribution in [0.5, 0.6) is 0 Å². The predicted octanol–water partition coefficient (Wildman–Crippen LogP) is 1.07. The molecule has 0 spiro atoms. The summed E-state index contributed by atoms with van der Waals surface area (Å²) in [4.78, 5) is 41.0. The van der Waals surface area contributed by atoms with E-state index < -0.39 is 17.2 Å². The Morgan fingerprint density at radius 1 is 1.27 bits per heavy atom. The molecule has 0 aliphatic carbocycles. The fourth-order valence-corrected chi connectivity index (χ4v) is 2.62. The van der Waals surface area contributed by atoms with Crippen molar-refractivity contribution in [1.82, 2.24) is 9.55 Å². The van der Waals surface area contributed by atoms with Gasteiger partial charge >= 0.3 is 5.69 Å². The first-order valence-corrected chi connectivity index (χ1v) is 8.35. The summed E-state index contributed by atoms with van der Waals surface area (Å²) < 4.78 is 6.34. The van der Waals surface area contributed by atoms with Crippen LogP contribution in [0.3, 0.4) is 0 Å². The highest BCUT2D eigenvalue weighted by molar-refractivity contribution is 6.07. The average Bonchev–Trinajstić information content (AvgIpc) is 2.61. The number of nitrogens with one attached hydrogen (secondary N) is 1. The molecule has 2 aromatic rings. The van der Waals surface area contributed by atoms with Crippen LogP contribution in [-0.2, 0) is 11.3 Å². The van der Waals surface area contributed by atoms with Gasteiger partial charge in [-0.25, -0.2) is 4.79 Å². The second kappa shape index (κ2) is 8.48. The van der Waals surface area contributed by atoms with Crippen molar-refractivity contribution in [2.75, 3.05) is 30.9 Å². The molecule has 0 saturated heterocycles. The van der Waals surface area contributed by atoms with Gasteiger partial charge in [-0.3, -0.25) is 24.0 Å². The Morgan fingerprint density at radius 2 is 1.92 bits per heavy atom. The van der Waals surface area contributed by atoms with E-state index in [2.05, 4.69) is 4.98 Å². The zero-order chi connectivity index (χ0) is 19.3. The standard InChI is InChI=1S/C18H24N4O4/c1-12(2)11-22-15(19)14(16(23)20-18(22)25)21(9-10-26-3)17(24)13-7-5-4-6-8-13/h4-8,12H,9-11,19H2,1-3H3,(H,20,23,25). The molecule has 1 amide bonds. The molecular formula is C18H24N4O4. The lowest BCUT2D eigenvalue weighted by Gasteiger charge is -2.24. The van der Waals surface area contributed by atoms with Crippen molar-refractivity contribution in [3.05, 3.63) is 56.7 Å². The maximum atomic E-state index is 12.9. The Kier molecular flexibility index (Phi) is 6.35. The molecule has 0 atom stereocenters. The van der Waals surface area contributed by atoms with E-state index in [0.29, 0.717) is 12.1 Å². The van der Waals surface area contributed by atoms with Crippen LogP contribution in [-0.4, -0.2) is 35.7 Å². The first-order chi connectivity index (χ1) is 12.4. The van der Waals surface area contributed by atoms with Gasteiger partial charge in [-0.15, -0.1) is 0 Å². The molecule has 1 aromatic heterocycles. The minimum atomic E-state index is -0.701. The molecule has 0 saturated carbocycles. The van der Waals surface area contributed by atoms with Crippen LogP contribution < -0.4 is 21.9 Å². The zero-order valence-corrected chi connectivity index (χ0v) is 15.2. The van der Waals surface area contributed by atoms with E-state index in [1.54, 1.807) is 30.3 Å². The van der Waals surface area contributed by atoms with E-state index in [4.69, 9.17) is 10.5 Å². The van der Waals surface area contributed by atoms with Gasteiger partial charge in [0.15, 0.2) is 5.69 Å². The van der Waals surface area contributed by atoms with Crippen molar-refractivity contribution in [1.29, 1.82) is 0 Å². The van der Waals surface area contributed by atoms with Crippen LogP contribution in [0.1, 0.15) is 24.2 Å².